The largest absolute Gasteiger partial charge is 0.506 e. The Kier molecular flexibility index (Phi) is 3.96. The van der Waals surface area contributed by atoms with E-state index in [1.54, 1.807) is 42.5 Å². The Bertz CT molecular complexity index is 1030. The maximum atomic E-state index is 12.3. The molecule has 122 valence electrons. The minimum atomic E-state index is -4.59. The van der Waals surface area contributed by atoms with Crippen molar-refractivity contribution >= 4 is 26.9 Å². The second kappa shape index (κ2) is 5.95. The van der Waals surface area contributed by atoms with Crippen LogP contribution in [0.5, 0.6) is 11.5 Å². The molecule has 0 radical (unpaired) electrons. The summed E-state index contributed by atoms with van der Waals surface area (Å²) in [6, 6.07) is 15.0. The van der Waals surface area contributed by atoms with E-state index in [1.807, 2.05) is 0 Å². The molecule has 3 aromatic carbocycles. The van der Waals surface area contributed by atoms with E-state index in [1.165, 1.54) is 12.1 Å². The lowest BCUT2D eigenvalue weighted by atomic mass is 10.1. The van der Waals surface area contributed by atoms with Gasteiger partial charge in [0.2, 0.25) is 0 Å². The van der Waals surface area contributed by atoms with Crippen molar-refractivity contribution in [3.63, 3.8) is 0 Å². The van der Waals surface area contributed by atoms with Gasteiger partial charge in [-0.05, 0) is 18.2 Å². The van der Waals surface area contributed by atoms with Crippen molar-refractivity contribution in [3.05, 3.63) is 66.2 Å². The first-order valence-electron chi connectivity index (χ1n) is 6.87. The number of phenols is 1. The summed E-state index contributed by atoms with van der Waals surface area (Å²) < 4.78 is 37.8. The van der Waals surface area contributed by atoms with Gasteiger partial charge in [0, 0.05) is 10.8 Å². The Morgan fingerprint density at radius 3 is 2.12 bits per heavy atom. The molecule has 24 heavy (non-hydrogen) atoms. The van der Waals surface area contributed by atoms with E-state index in [4.69, 9.17) is 4.74 Å². The first-order valence-corrected chi connectivity index (χ1v) is 8.31. The number of fused-ring (bicyclic) bond motifs is 1. The Labute approximate surface area is 137 Å². The molecular weight excluding hydrogens is 332 g/mol. The van der Waals surface area contributed by atoms with Gasteiger partial charge in [-0.3, -0.25) is 4.55 Å². The lowest BCUT2D eigenvalue weighted by Gasteiger charge is -2.11. The third-order valence-electron chi connectivity index (χ3n) is 3.43. The molecule has 7 heteroatoms. The zero-order chi connectivity index (χ0) is 17.3. The molecule has 0 saturated heterocycles. The van der Waals surface area contributed by atoms with Crippen molar-refractivity contribution in [2.75, 3.05) is 0 Å². The number of carbonyl (C=O) groups is 1. The molecule has 0 aliphatic carbocycles. The number of rotatable bonds is 3. The monoisotopic (exact) mass is 344 g/mol. The van der Waals surface area contributed by atoms with Gasteiger partial charge in [-0.2, -0.15) is 8.42 Å². The minimum absolute atomic E-state index is 0.105. The predicted octanol–water partition coefficient (Wildman–Crippen LogP) is 3.01. The van der Waals surface area contributed by atoms with E-state index in [0.29, 0.717) is 0 Å². The minimum Gasteiger partial charge on any atom is -0.506 e. The van der Waals surface area contributed by atoms with Gasteiger partial charge in [-0.15, -0.1) is 0 Å². The number of benzene rings is 3. The van der Waals surface area contributed by atoms with Gasteiger partial charge in [0.15, 0.2) is 0 Å². The Balaban J connectivity index is 2.18. The normalized spacial score (nSPS) is 11.4. The number of hydrogen-bond donors (Lipinski definition) is 2. The molecule has 0 heterocycles. The van der Waals surface area contributed by atoms with Crippen molar-refractivity contribution in [1.29, 1.82) is 0 Å². The highest BCUT2D eigenvalue weighted by Crippen LogP contribution is 2.34. The third-order valence-corrected chi connectivity index (χ3v) is 4.32. The van der Waals surface area contributed by atoms with Gasteiger partial charge in [-0.25, -0.2) is 4.79 Å². The number of aromatic hydroxyl groups is 1. The summed E-state index contributed by atoms with van der Waals surface area (Å²) in [7, 11) is -4.59. The maximum absolute atomic E-state index is 12.3. The average molecular weight is 344 g/mol. The van der Waals surface area contributed by atoms with Crippen LogP contribution in [0.25, 0.3) is 10.8 Å². The molecule has 0 aliphatic heterocycles. The second-order valence-electron chi connectivity index (χ2n) is 4.99. The SMILES string of the molecule is O=C(Oc1ccccc1)c1cc(S(=O)(=O)O)c2ccccc2c1O. The molecule has 0 aromatic heterocycles. The van der Waals surface area contributed by atoms with E-state index in [0.717, 1.165) is 6.07 Å². The first kappa shape index (κ1) is 16.0. The van der Waals surface area contributed by atoms with Crippen LogP contribution in [-0.4, -0.2) is 24.0 Å². The van der Waals surface area contributed by atoms with Crippen molar-refractivity contribution in [2.24, 2.45) is 0 Å². The smallest absolute Gasteiger partial charge is 0.347 e. The molecule has 2 N–H and O–H groups in total. The molecule has 3 aromatic rings. The summed E-state index contributed by atoms with van der Waals surface area (Å²) >= 11 is 0. The molecule has 0 unspecified atom stereocenters. The lowest BCUT2D eigenvalue weighted by Crippen LogP contribution is -2.11. The summed E-state index contributed by atoms with van der Waals surface area (Å²) in [5, 5.41) is 10.5. The molecule has 3 rings (SSSR count). The summed E-state index contributed by atoms with van der Waals surface area (Å²) in [6.07, 6.45) is 0. The third kappa shape index (κ3) is 2.94. The average Bonchev–Trinajstić information content (AvgIpc) is 2.55. The zero-order valence-electron chi connectivity index (χ0n) is 12.2. The van der Waals surface area contributed by atoms with Gasteiger partial charge in [0.25, 0.3) is 10.1 Å². The van der Waals surface area contributed by atoms with Crippen LogP contribution in [0.4, 0.5) is 0 Å². The van der Waals surface area contributed by atoms with E-state index in [2.05, 4.69) is 0 Å². The molecule has 6 nitrogen and oxygen atoms in total. The fourth-order valence-corrected chi connectivity index (χ4v) is 3.07. The van der Waals surface area contributed by atoms with E-state index >= 15 is 0 Å². The summed E-state index contributed by atoms with van der Waals surface area (Å²) in [5.74, 6) is -1.11. The number of esters is 1. The van der Waals surface area contributed by atoms with Gasteiger partial charge in [-0.1, -0.05) is 42.5 Å². The van der Waals surface area contributed by atoms with Crippen LogP contribution in [0, 0.1) is 0 Å². The van der Waals surface area contributed by atoms with E-state index in [9.17, 15) is 22.9 Å². The van der Waals surface area contributed by atoms with Crippen LogP contribution in [0.2, 0.25) is 0 Å². The van der Waals surface area contributed by atoms with Gasteiger partial charge in [0.05, 0.1) is 0 Å². The predicted molar refractivity (Wildman–Crippen MR) is 86.8 cm³/mol. The molecule has 0 aliphatic rings. The Morgan fingerprint density at radius 2 is 1.50 bits per heavy atom. The second-order valence-corrected chi connectivity index (χ2v) is 6.38. The van der Waals surface area contributed by atoms with Gasteiger partial charge in [0.1, 0.15) is 22.0 Å². The quantitative estimate of drug-likeness (QED) is 0.430. The number of phenolic OH excluding ortho intramolecular Hbond substituents is 1. The highest BCUT2D eigenvalue weighted by Gasteiger charge is 2.23. The first-order chi connectivity index (χ1) is 11.4. The highest BCUT2D eigenvalue weighted by molar-refractivity contribution is 7.86. The van der Waals surface area contributed by atoms with Crippen LogP contribution >= 0.6 is 0 Å². The van der Waals surface area contributed by atoms with Crippen molar-refractivity contribution in [1.82, 2.24) is 0 Å². The van der Waals surface area contributed by atoms with Gasteiger partial charge >= 0.3 is 5.97 Å². The fraction of sp³-hybridized carbons (Fsp3) is 0. The molecule has 0 atom stereocenters. The molecular formula is C17H12O6S. The molecule has 0 spiro atoms. The topological polar surface area (TPSA) is 101 Å². The number of carbonyl (C=O) groups excluding carboxylic acids is 1. The molecule has 0 saturated carbocycles. The Hall–Kier alpha value is -2.90. The van der Waals surface area contributed by atoms with Gasteiger partial charge < -0.3 is 9.84 Å². The fourth-order valence-electron chi connectivity index (χ4n) is 2.35. The lowest BCUT2D eigenvalue weighted by molar-refractivity contribution is 0.0731. The van der Waals surface area contributed by atoms with E-state index in [-0.39, 0.29) is 22.1 Å². The summed E-state index contributed by atoms with van der Waals surface area (Å²) in [6.45, 7) is 0. The van der Waals surface area contributed by atoms with Crippen molar-refractivity contribution < 1.29 is 27.6 Å². The van der Waals surface area contributed by atoms with Crippen LogP contribution in [0.1, 0.15) is 10.4 Å². The molecule has 0 amide bonds. The van der Waals surface area contributed by atoms with Crippen LogP contribution in [0.15, 0.2) is 65.6 Å². The van der Waals surface area contributed by atoms with E-state index < -0.39 is 26.7 Å². The Morgan fingerprint density at radius 1 is 0.917 bits per heavy atom. The molecule has 0 fully saturated rings. The summed E-state index contributed by atoms with van der Waals surface area (Å²) in [5.41, 5.74) is -0.356. The van der Waals surface area contributed by atoms with Crippen molar-refractivity contribution in [2.45, 2.75) is 4.90 Å². The van der Waals surface area contributed by atoms with Crippen LogP contribution in [0.3, 0.4) is 0 Å². The van der Waals surface area contributed by atoms with Crippen molar-refractivity contribution in [3.8, 4) is 11.5 Å². The number of hydrogen-bond acceptors (Lipinski definition) is 5. The van der Waals surface area contributed by atoms with Crippen LogP contribution < -0.4 is 4.74 Å². The summed E-state index contributed by atoms with van der Waals surface area (Å²) in [4.78, 5) is 11.8. The standard InChI is InChI=1S/C17H12O6S/c18-16-13-9-5-4-8-12(13)15(24(20,21)22)10-14(16)17(19)23-11-6-2-1-3-7-11/h1-10,18H,(H,20,21,22). The number of para-hydroxylation sites is 1. The molecule has 0 bridgehead atoms. The highest BCUT2D eigenvalue weighted by atomic mass is 32.2. The zero-order valence-corrected chi connectivity index (χ0v) is 13.0. The number of ether oxygens (including phenoxy) is 1. The van der Waals surface area contributed by atoms with Crippen LogP contribution in [-0.2, 0) is 10.1 Å². The maximum Gasteiger partial charge on any atom is 0.347 e.